The molecule has 0 bridgehead atoms. The summed E-state index contributed by atoms with van der Waals surface area (Å²) in [6.07, 6.45) is 0. The fourth-order valence-corrected chi connectivity index (χ4v) is 2.81. The van der Waals surface area contributed by atoms with E-state index in [1.54, 1.807) is 12.1 Å². The number of nitrogens with one attached hydrogen (secondary N) is 1. The second-order valence-corrected chi connectivity index (χ2v) is 6.20. The maximum absolute atomic E-state index is 12.0. The van der Waals surface area contributed by atoms with E-state index in [1.807, 2.05) is 12.1 Å². The lowest BCUT2D eigenvalue weighted by Crippen LogP contribution is -2.22. The highest BCUT2D eigenvalue weighted by molar-refractivity contribution is 9.10. The zero-order chi connectivity index (χ0) is 15.2. The van der Waals surface area contributed by atoms with Crippen LogP contribution in [0.15, 0.2) is 34.8 Å². The molecule has 6 heteroatoms. The number of nitrogens with two attached hydrogens (primary N) is 1. The second-order valence-electron chi connectivity index (χ2n) is 4.12. The normalized spacial score (nSPS) is 9.81. The number of hydrogen-bond donors (Lipinski definition) is 3. The average molecular weight is 365 g/mol. The zero-order valence-corrected chi connectivity index (χ0v) is 13.4. The average Bonchev–Trinajstić information content (AvgIpc) is 2.93. The third kappa shape index (κ3) is 4.33. The van der Waals surface area contributed by atoms with Gasteiger partial charge >= 0.3 is 0 Å². The van der Waals surface area contributed by atoms with Crippen LogP contribution < -0.4 is 11.1 Å². The molecule has 0 saturated carbocycles. The zero-order valence-electron chi connectivity index (χ0n) is 11.0. The molecule has 0 spiro atoms. The lowest BCUT2D eigenvalue weighted by atomic mass is 10.2. The van der Waals surface area contributed by atoms with Gasteiger partial charge in [0.25, 0.3) is 5.91 Å². The number of aromatic hydroxyl groups is 1. The van der Waals surface area contributed by atoms with Crippen molar-refractivity contribution in [2.24, 2.45) is 5.73 Å². The van der Waals surface area contributed by atoms with Gasteiger partial charge in [0.15, 0.2) is 0 Å². The van der Waals surface area contributed by atoms with Gasteiger partial charge in [-0.05, 0) is 30.3 Å². The quantitative estimate of drug-likeness (QED) is 0.732. The van der Waals surface area contributed by atoms with E-state index in [0.29, 0.717) is 13.1 Å². The second kappa shape index (κ2) is 7.27. The molecule has 1 aromatic heterocycles. The Morgan fingerprint density at radius 2 is 2.19 bits per heavy atom. The van der Waals surface area contributed by atoms with Gasteiger partial charge in [-0.3, -0.25) is 4.79 Å². The highest BCUT2D eigenvalue weighted by Gasteiger charge is 2.11. The summed E-state index contributed by atoms with van der Waals surface area (Å²) in [6, 6.07) is 8.54. The number of rotatable bonds is 3. The molecule has 0 aliphatic heterocycles. The number of carbonyl (C=O) groups is 1. The molecular formula is C15H13BrN2O2S. The summed E-state index contributed by atoms with van der Waals surface area (Å²) in [6.45, 7) is 0.714. The highest BCUT2D eigenvalue weighted by Crippen LogP contribution is 2.22. The summed E-state index contributed by atoms with van der Waals surface area (Å²) in [7, 11) is 0. The van der Waals surface area contributed by atoms with Gasteiger partial charge in [-0.2, -0.15) is 0 Å². The highest BCUT2D eigenvalue weighted by atomic mass is 79.9. The van der Waals surface area contributed by atoms with Crippen LogP contribution in [0.25, 0.3) is 0 Å². The summed E-state index contributed by atoms with van der Waals surface area (Å²) in [4.78, 5) is 13.9. The predicted molar refractivity (Wildman–Crippen MR) is 87.2 cm³/mol. The number of hydrogen-bond acceptors (Lipinski definition) is 4. The van der Waals surface area contributed by atoms with E-state index in [9.17, 15) is 9.90 Å². The van der Waals surface area contributed by atoms with Gasteiger partial charge in [-0.15, -0.1) is 11.3 Å². The molecule has 0 radical (unpaired) electrons. The topological polar surface area (TPSA) is 75.3 Å². The molecule has 0 fully saturated rings. The van der Waals surface area contributed by atoms with Crippen molar-refractivity contribution >= 4 is 33.2 Å². The van der Waals surface area contributed by atoms with Crippen LogP contribution >= 0.6 is 27.3 Å². The first-order valence-corrected chi connectivity index (χ1v) is 7.75. The number of halogens is 1. The standard InChI is InChI=1S/C15H13BrN2O2S/c16-10-3-6-14(19)13(8-10)15(20)18-9-12-5-4-11(21-12)2-1-7-17/h3-6,8,19H,7,9,17H2,(H,18,20). The molecule has 2 rings (SSSR count). The van der Waals surface area contributed by atoms with Crippen molar-refractivity contribution < 1.29 is 9.90 Å². The fraction of sp³-hybridized carbons (Fsp3) is 0.133. The van der Waals surface area contributed by atoms with Gasteiger partial charge in [0.1, 0.15) is 5.75 Å². The van der Waals surface area contributed by atoms with Crippen LogP contribution in [-0.2, 0) is 6.54 Å². The van der Waals surface area contributed by atoms with E-state index in [1.165, 1.54) is 17.4 Å². The molecule has 4 nitrogen and oxygen atoms in total. The van der Waals surface area contributed by atoms with Crippen LogP contribution in [-0.4, -0.2) is 17.6 Å². The molecule has 1 aromatic carbocycles. The Bertz CT molecular complexity index is 716. The molecule has 2 aromatic rings. The van der Waals surface area contributed by atoms with Gasteiger partial charge in [0.2, 0.25) is 0 Å². The Labute approximate surface area is 135 Å². The maximum atomic E-state index is 12.0. The lowest BCUT2D eigenvalue weighted by molar-refractivity contribution is 0.0948. The Hall–Kier alpha value is -1.81. The first-order chi connectivity index (χ1) is 10.1. The van der Waals surface area contributed by atoms with Gasteiger partial charge < -0.3 is 16.2 Å². The van der Waals surface area contributed by atoms with E-state index in [-0.39, 0.29) is 17.2 Å². The molecule has 0 saturated heterocycles. The van der Waals surface area contributed by atoms with Crippen molar-refractivity contribution in [3.63, 3.8) is 0 Å². The van der Waals surface area contributed by atoms with Gasteiger partial charge in [-0.1, -0.05) is 27.8 Å². The molecule has 21 heavy (non-hydrogen) atoms. The van der Waals surface area contributed by atoms with Crippen LogP contribution in [0.5, 0.6) is 5.75 Å². The number of carbonyl (C=O) groups excluding carboxylic acids is 1. The Kier molecular flexibility index (Phi) is 5.39. The third-order valence-electron chi connectivity index (χ3n) is 2.60. The summed E-state index contributed by atoms with van der Waals surface area (Å²) in [5, 5.41) is 12.5. The molecule has 0 unspecified atom stereocenters. The van der Waals surface area contributed by atoms with Crippen molar-refractivity contribution in [3.8, 4) is 17.6 Å². The minimum absolute atomic E-state index is 0.0450. The summed E-state index contributed by atoms with van der Waals surface area (Å²) in [5.41, 5.74) is 5.56. The molecule has 108 valence electrons. The SMILES string of the molecule is NCC#Cc1ccc(CNC(=O)c2cc(Br)ccc2O)s1. The van der Waals surface area contributed by atoms with Crippen LogP contribution in [0.2, 0.25) is 0 Å². The first kappa shape index (κ1) is 15.6. The molecule has 0 atom stereocenters. The predicted octanol–water partition coefficient (Wildman–Crippen LogP) is 2.46. The number of phenols is 1. The molecule has 4 N–H and O–H groups in total. The van der Waals surface area contributed by atoms with E-state index in [0.717, 1.165) is 14.2 Å². The largest absolute Gasteiger partial charge is 0.507 e. The summed E-state index contributed by atoms with van der Waals surface area (Å²) in [5.74, 6) is 5.36. The molecular weight excluding hydrogens is 352 g/mol. The van der Waals surface area contributed by atoms with Gasteiger partial charge in [0, 0.05) is 9.35 Å². The molecule has 0 aliphatic carbocycles. The van der Waals surface area contributed by atoms with Crippen LogP contribution in [0, 0.1) is 11.8 Å². The molecule has 0 aliphatic rings. The number of amides is 1. The lowest BCUT2D eigenvalue weighted by Gasteiger charge is -2.06. The van der Waals surface area contributed by atoms with E-state index >= 15 is 0 Å². The summed E-state index contributed by atoms with van der Waals surface area (Å²) < 4.78 is 0.737. The molecule has 1 heterocycles. The smallest absolute Gasteiger partial charge is 0.255 e. The Balaban J connectivity index is 2.01. The minimum Gasteiger partial charge on any atom is -0.507 e. The number of phenolic OH excluding ortho intramolecular Hbond substituents is 1. The minimum atomic E-state index is -0.322. The van der Waals surface area contributed by atoms with E-state index in [4.69, 9.17) is 5.73 Å². The van der Waals surface area contributed by atoms with E-state index < -0.39 is 0 Å². The number of benzene rings is 1. The fourth-order valence-electron chi connectivity index (χ4n) is 1.63. The van der Waals surface area contributed by atoms with Crippen molar-refractivity contribution in [1.29, 1.82) is 0 Å². The number of thiophene rings is 1. The molecule has 1 amide bonds. The summed E-state index contributed by atoms with van der Waals surface area (Å²) >= 11 is 4.78. The van der Waals surface area contributed by atoms with Gasteiger partial charge in [0.05, 0.1) is 23.5 Å². The Morgan fingerprint density at radius 3 is 2.95 bits per heavy atom. The Morgan fingerprint density at radius 1 is 1.38 bits per heavy atom. The van der Waals surface area contributed by atoms with Crippen molar-refractivity contribution in [2.75, 3.05) is 6.54 Å². The van der Waals surface area contributed by atoms with Gasteiger partial charge in [-0.25, -0.2) is 0 Å². The van der Waals surface area contributed by atoms with Crippen LogP contribution in [0.1, 0.15) is 20.1 Å². The van der Waals surface area contributed by atoms with Crippen LogP contribution in [0.4, 0.5) is 0 Å². The van der Waals surface area contributed by atoms with Crippen molar-refractivity contribution in [2.45, 2.75) is 6.54 Å². The maximum Gasteiger partial charge on any atom is 0.255 e. The third-order valence-corrected chi connectivity index (χ3v) is 4.10. The van der Waals surface area contributed by atoms with Crippen LogP contribution in [0.3, 0.4) is 0 Å². The van der Waals surface area contributed by atoms with Crippen molar-refractivity contribution in [1.82, 2.24) is 5.32 Å². The monoisotopic (exact) mass is 364 g/mol. The first-order valence-electron chi connectivity index (χ1n) is 6.14. The van der Waals surface area contributed by atoms with Crippen molar-refractivity contribution in [3.05, 3.63) is 50.1 Å². The van der Waals surface area contributed by atoms with E-state index in [2.05, 4.69) is 33.1 Å².